The van der Waals surface area contributed by atoms with Crippen molar-refractivity contribution in [3.8, 4) is 0 Å². The first-order valence-corrected chi connectivity index (χ1v) is 4.63. The van der Waals surface area contributed by atoms with Crippen LogP contribution in [0.1, 0.15) is 23.5 Å². The van der Waals surface area contributed by atoms with Crippen molar-refractivity contribution in [3.05, 3.63) is 35.4 Å². The fourth-order valence-electron chi connectivity index (χ4n) is 1.82. The molecule has 0 amide bonds. The van der Waals surface area contributed by atoms with Gasteiger partial charge in [0.15, 0.2) is 0 Å². The zero-order valence-corrected chi connectivity index (χ0v) is 8.03. The molecule has 0 heterocycles. The summed E-state index contributed by atoms with van der Waals surface area (Å²) in [7, 11) is 0. The fourth-order valence-corrected chi connectivity index (χ4v) is 1.82. The molecule has 3 N–H and O–H groups in total. The van der Waals surface area contributed by atoms with E-state index in [9.17, 15) is 4.79 Å². The van der Waals surface area contributed by atoms with Crippen LogP contribution in [0.2, 0.25) is 0 Å². The van der Waals surface area contributed by atoms with Gasteiger partial charge in [-0.1, -0.05) is 29.8 Å². The topological polar surface area (TPSA) is 63.3 Å². The van der Waals surface area contributed by atoms with Gasteiger partial charge in [0, 0.05) is 5.92 Å². The van der Waals surface area contributed by atoms with Crippen LogP contribution >= 0.6 is 0 Å². The van der Waals surface area contributed by atoms with Crippen LogP contribution in [0, 0.1) is 6.92 Å². The Balaban J connectivity index is 2.25. The zero-order valence-electron chi connectivity index (χ0n) is 8.03. The van der Waals surface area contributed by atoms with Gasteiger partial charge in [-0.15, -0.1) is 0 Å². The van der Waals surface area contributed by atoms with Crippen LogP contribution in [0.3, 0.4) is 0 Å². The lowest BCUT2D eigenvalue weighted by Crippen LogP contribution is -2.34. The van der Waals surface area contributed by atoms with Gasteiger partial charge in [-0.25, -0.2) is 0 Å². The lowest BCUT2D eigenvalue weighted by molar-refractivity contribution is -0.139. The van der Waals surface area contributed by atoms with Gasteiger partial charge in [-0.3, -0.25) is 4.79 Å². The van der Waals surface area contributed by atoms with Gasteiger partial charge in [0.1, 0.15) is 5.54 Å². The molecular formula is C11H13NO2. The second kappa shape index (κ2) is 2.82. The molecule has 1 aliphatic carbocycles. The predicted octanol–water partition coefficient (Wildman–Crippen LogP) is 1.26. The van der Waals surface area contributed by atoms with Crippen LogP contribution in [-0.4, -0.2) is 16.6 Å². The van der Waals surface area contributed by atoms with Crippen molar-refractivity contribution in [3.63, 3.8) is 0 Å². The second-order valence-corrected chi connectivity index (χ2v) is 4.02. The average Bonchev–Trinajstić information content (AvgIpc) is 2.80. The molecule has 0 unspecified atom stereocenters. The standard InChI is InChI=1S/C11H13NO2/c1-7-3-2-4-8(5-7)9-6-11(9,12)10(13)14/h2-5,9H,6,12H2,1H3,(H,13,14)/t9-,11-/m0/s1. The number of rotatable bonds is 2. The average molecular weight is 191 g/mol. The fraction of sp³-hybridized carbons (Fsp3) is 0.364. The number of carboxylic acids is 1. The largest absolute Gasteiger partial charge is 0.480 e. The van der Waals surface area contributed by atoms with Gasteiger partial charge < -0.3 is 10.8 Å². The van der Waals surface area contributed by atoms with Crippen LogP contribution in [-0.2, 0) is 4.79 Å². The van der Waals surface area contributed by atoms with Gasteiger partial charge >= 0.3 is 5.97 Å². The third kappa shape index (κ3) is 1.30. The summed E-state index contributed by atoms with van der Waals surface area (Å²) in [6, 6.07) is 7.87. The molecule has 0 aromatic heterocycles. The Morgan fingerprint density at radius 3 is 2.86 bits per heavy atom. The van der Waals surface area contributed by atoms with Crippen molar-refractivity contribution in [2.45, 2.75) is 24.8 Å². The summed E-state index contributed by atoms with van der Waals surface area (Å²) in [5, 5.41) is 8.89. The first-order valence-electron chi connectivity index (χ1n) is 4.63. The Kier molecular flexibility index (Phi) is 1.86. The first kappa shape index (κ1) is 9.21. The van der Waals surface area contributed by atoms with Crippen molar-refractivity contribution in [2.75, 3.05) is 0 Å². The highest BCUT2D eigenvalue weighted by Gasteiger charge is 2.58. The maximum absolute atomic E-state index is 10.8. The zero-order chi connectivity index (χ0) is 10.3. The molecule has 1 aromatic carbocycles. The Bertz CT molecular complexity index is 389. The molecule has 1 fully saturated rings. The summed E-state index contributed by atoms with van der Waals surface area (Å²) >= 11 is 0. The number of aliphatic carboxylic acids is 1. The van der Waals surface area contributed by atoms with E-state index in [2.05, 4.69) is 0 Å². The molecule has 2 atom stereocenters. The van der Waals surface area contributed by atoms with Crippen LogP contribution in [0.4, 0.5) is 0 Å². The Hall–Kier alpha value is -1.35. The summed E-state index contributed by atoms with van der Waals surface area (Å²) in [5.41, 5.74) is 6.87. The van der Waals surface area contributed by atoms with Crippen molar-refractivity contribution in [2.24, 2.45) is 5.73 Å². The normalized spacial score (nSPS) is 30.0. The van der Waals surface area contributed by atoms with E-state index in [0.29, 0.717) is 6.42 Å². The number of benzene rings is 1. The molecule has 3 nitrogen and oxygen atoms in total. The van der Waals surface area contributed by atoms with E-state index in [-0.39, 0.29) is 5.92 Å². The number of hydrogen-bond acceptors (Lipinski definition) is 2. The number of aryl methyl sites for hydroxylation is 1. The maximum Gasteiger partial charge on any atom is 0.324 e. The third-order valence-electron chi connectivity index (χ3n) is 2.85. The Morgan fingerprint density at radius 2 is 2.36 bits per heavy atom. The number of carboxylic acid groups (broad SMARTS) is 1. The third-order valence-corrected chi connectivity index (χ3v) is 2.85. The van der Waals surface area contributed by atoms with E-state index in [1.807, 2.05) is 31.2 Å². The van der Waals surface area contributed by atoms with Crippen molar-refractivity contribution in [1.82, 2.24) is 0 Å². The molecule has 1 saturated carbocycles. The smallest absolute Gasteiger partial charge is 0.324 e. The van der Waals surface area contributed by atoms with E-state index >= 15 is 0 Å². The molecule has 0 aliphatic heterocycles. The van der Waals surface area contributed by atoms with Crippen LogP contribution in [0.15, 0.2) is 24.3 Å². The molecule has 0 spiro atoms. The SMILES string of the molecule is Cc1cccc([C@@H]2C[C@@]2(N)C(=O)O)c1. The summed E-state index contributed by atoms with van der Waals surface area (Å²) < 4.78 is 0. The van der Waals surface area contributed by atoms with Gasteiger partial charge in [-0.2, -0.15) is 0 Å². The predicted molar refractivity (Wildman–Crippen MR) is 53.1 cm³/mol. The number of carbonyl (C=O) groups is 1. The molecule has 0 radical (unpaired) electrons. The van der Waals surface area contributed by atoms with Gasteiger partial charge in [0.05, 0.1) is 0 Å². The lowest BCUT2D eigenvalue weighted by atomic mass is 10.0. The highest BCUT2D eigenvalue weighted by molar-refractivity contribution is 5.84. The van der Waals surface area contributed by atoms with Gasteiger partial charge in [0.25, 0.3) is 0 Å². The van der Waals surface area contributed by atoms with E-state index < -0.39 is 11.5 Å². The second-order valence-electron chi connectivity index (χ2n) is 4.02. The highest BCUT2D eigenvalue weighted by Crippen LogP contribution is 2.49. The molecule has 2 rings (SSSR count). The summed E-state index contributed by atoms with van der Waals surface area (Å²) in [6.45, 7) is 1.99. The summed E-state index contributed by atoms with van der Waals surface area (Å²) in [5.74, 6) is -0.913. The molecular weight excluding hydrogens is 178 g/mol. The lowest BCUT2D eigenvalue weighted by Gasteiger charge is -2.05. The highest BCUT2D eigenvalue weighted by atomic mass is 16.4. The minimum atomic E-state index is -1.02. The molecule has 3 heteroatoms. The Morgan fingerprint density at radius 1 is 1.64 bits per heavy atom. The molecule has 0 bridgehead atoms. The van der Waals surface area contributed by atoms with Crippen LogP contribution in [0.5, 0.6) is 0 Å². The van der Waals surface area contributed by atoms with Gasteiger partial charge in [0.2, 0.25) is 0 Å². The van der Waals surface area contributed by atoms with Crippen molar-refractivity contribution < 1.29 is 9.90 Å². The minimum Gasteiger partial charge on any atom is -0.480 e. The van der Waals surface area contributed by atoms with Crippen molar-refractivity contribution in [1.29, 1.82) is 0 Å². The van der Waals surface area contributed by atoms with Crippen LogP contribution in [0.25, 0.3) is 0 Å². The van der Waals surface area contributed by atoms with E-state index in [4.69, 9.17) is 10.8 Å². The molecule has 1 aromatic rings. The maximum atomic E-state index is 10.8. The summed E-state index contributed by atoms with van der Waals surface area (Å²) in [4.78, 5) is 10.8. The van der Waals surface area contributed by atoms with E-state index in [0.717, 1.165) is 11.1 Å². The molecule has 1 aliphatic rings. The minimum absolute atomic E-state index is 0.0140. The molecule has 14 heavy (non-hydrogen) atoms. The van der Waals surface area contributed by atoms with E-state index in [1.54, 1.807) is 0 Å². The number of nitrogens with two attached hydrogens (primary N) is 1. The van der Waals surface area contributed by atoms with Gasteiger partial charge in [-0.05, 0) is 18.9 Å². The van der Waals surface area contributed by atoms with Crippen LogP contribution < -0.4 is 5.73 Å². The molecule has 74 valence electrons. The summed E-state index contributed by atoms with van der Waals surface area (Å²) in [6.07, 6.45) is 0.547. The Labute approximate surface area is 82.5 Å². The molecule has 0 saturated heterocycles. The monoisotopic (exact) mass is 191 g/mol. The number of hydrogen-bond donors (Lipinski definition) is 2. The first-order chi connectivity index (χ1) is 6.54. The van der Waals surface area contributed by atoms with E-state index in [1.165, 1.54) is 0 Å². The van der Waals surface area contributed by atoms with Crippen molar-refractivity contribution >= 4 is 5.97 Å². The quantitative estimate of drug-likeness (QED) is 0.739.